The molecule has 0 amide bonds. The molecule has 0 radical (unpaired) electrons. The van der Waals surface area contributed by atoms with E-state index in [1.54, 1.807) is 5.57 Å². The van der Waals surface area contributed by atoms with Crippen molar-refractivity contribution in [3.63, 3.8) is 0 Å². The smallest absolute Gasteiger partial charge is 0.168 e. The number of fused-ring (bicyclic) bond motifs is 5. The van der Waals surface area contributed by atoms with Crippen LogP contribution in [-0.4, -0.2) is 16.0 Å². The molecule has 4 aliphatic carbocycles. The summed E-state index contributed by atoms with van der Waals surface area (Å²) in [6.07, 6.45) is 14.2. The van der Waals surface area contributed by atoms with Crippen LogP contribution < -0.4 is 0 Å². The molecule has 4 fully saturated rings. The molecule has 0 saturated heterocycles. The second kappa shape index (κ2) is 5.58. The summed E-state index contributed by atoms with van der Waals surface area (Å²) in [5.74, 6) is 1.31. The average Bonchev–Trinajstić information content (AvgIpc) is 2.78. The molecule has 0 aliphatic heterocycles. The highest BCUT2D eigenvalue weighted by atomic mass is 16.5. The summed E-state index contributed by atoms with van der Waals surface area (Å²) in [4.78, 5) is 0. The first kappa shape index (κ1) is 17.1. The monoisotopic (exact) mass is 332 g/mol. The predicted molar refractivity (Wildman–Crippen MR) is 97.3 cm³/mol. The Balaban J connectivity index is 1.73. The molecule has 0 aromatic heterocycles. The van der Waals surface area contributed by atoms with Crippen LogP contribution in [0.4, 0.5) is 0 Å². The molecular weight excluding hydrogens is 296 g/mol. The Bertz CT molecular complexity index is 536. The molecule has 0 aromatic carbocycles. The van der Waals surface area contributed by atoms with Crippen molar-refractivity contribution in [1.82, 2.24) is 0 Å². The molecule has 0 aromatic rings. The number of hydrogen-bond donors (Lipinski definition) is 2. The lowest BCUT2D eigenvalue weighted by Crippen LogP contribution is -2.56. The summed E-state index contributed by atoms with van der Waals surface area (Å²) < 4.78 is 0. The van der Waals surface area contributed by atoms with Gasteiger partial charge in [-0.1, -0.05) is 45.3 Å². The highest BCUT2D eigenvalue weighted by Gasteiger charge is 2.64. The molecule has 2 N–H and O–H groups in total. The van der Waals surface area contributed by atoms with Gasteiger partial charge >= 0.3 is 0 Å². The number of aliphatic hydroxyl groups is 2. The summed E-state index contributed by atoms with van der Waals surface area (Å²) in [5, 5.41) is 21.3. The molecule has 4 rings (SSSR count). The van der Waals surface area contributed by atoms with Crippen LogP contribution in [0, 0.1) is 34.5 Å². The van der Waals surface area contributed by atoms with Gasteiger partial charge < -0.3 is 10.2 Å². The van der Waals surface area contributed by atoms with Gasteiger partial charge in [-0.05, 0) is 74.0 Å². The normalized spacial score (nSPS) is 51.8. The summed E-state index contributed by atoms with van der Waals surface area (Å²) in [6, 6.07) is 0. The van der Waals surface area contributed by atoms with E-state index in [0.29, 0.717) is 23.7 Å². The molecule has 4 aliphatic rings. The molecule has 2 nitrogen and oxygen atoms in total. The van der Waals surface area contributed by atoms with Crippen LogP contribution in [0.15, 0.2) is 11.6 Å². The van der Waals surface area contributed by atoms with E-state index in [-0.39, 0.29) is 5.41 Å². The molecule has 1 unspecified atom stereocenters. The largest absolute Gasteiger partial charge is 0.365 e. The van der Waals surface area contributed by atoms with Crippen molar-refractivity contribution in [3.05, 3.63) is 11.6 Å². The van der Waals surface area contributed by atoms with Crippen LogP contribution in [0.25, 0.3) is 0 Å². The maximum atomic E-state index is 10.6. The minimum absolute atomic E-state index is 0.288. The highest BCUT2D eigenvalue weighted by molar-refractivity contribution is 5.22. The summed E-state index contributed by atoms with van der Waals surface area (Å²) >= 11 is 0. The van der Waals surface area contributed by atoms with E-state index in [1.807, 2.05) is 0 Å². The van der Waals surface area contributed by atoms with Crippen LogP contribution in [-0.2, 0) is 0 Å². The Hall–Kier alpha value is -0.340. The van der Waals surface area contributed by atoms with Gasteiger partial charge in [0.05, 0.1) is 0 Å². The average molecular weight is 333 g/mol. The van der Waals surface area contributed by atoms with E-state index in [2.05, 4.69) is 26.8 Å². The Morgan fingerprint density at radius 1 is 1.00 bits per heavy atom. The molecule has 2 heteroatoms. The van der Waals surface area contributed by atoms with Gasteiger partial charge in [0.1, 0.15) is 0 Å². The van der Waals surface area contributed by atoms with Crippen molar-refractivity contribution in [2.24, 2.45) is 34.5 Å². The second-order valence-electron chi connectivity index (χ2n) is 9.88. The fraction of sp³-hybridized carbons (Fsp3) is 0.909. The molecule has 136 valence electrons. The van der Waals surface area contributed by atoms with Crippen LogP contribution in [0.3, 0.4) is 0 Å². The minimum atomic E-state index is -1.44. The standard InChI is InChI=1S/C22H36O2/c1-4-7-15-14-16-18(20(2)11-6-5-8-17(15)20)9-12-21(3)19(16)10-13-22(21,23)24/h7,16-19,23-24H,4-6,8-14H2,1-3H3/t16-,17?,18-,19+,20+,21+/m1/s1. The molecule has 6 atom stereocenters. The van der Waals surface area contributed by atoms with E-state index in [9.17, 15) is 10.2 Å². The van der Waals surface area contributed by atoms with Gasteiger partial charge in [0.25, 0.3) is 0 Å². The van der Waals surface area contributed by atoms with Gasteiger partial charge in [-0.15, -0.1) is 0 Å². The van der Waals surface area contributed by atoms with Gasteiger partial charge in [0, 0.05) is 11.8 Å². The molecular formula is C22H36O2. The highest BCUT2D eigenvalue weighted by Crippen LogP contribution is 2.68. The Morgan fingerprint density at radius 3 is 2.50 bits per heavy atom. The lowest BCUT2D eigenvalue weighted by molar-refractivity contribution is -0.249. The van der Waals surface area contributed by atoms with E-state index < -0.39 is 5.79 Å². The summed E-state index contributed by atoms with van der Waals surface area (Å²) in [5.41, 5.74) is 1.89. The topological polar surface area (TPSA) is 40.5 Å². The van der Waals surface area contributed by atoms with Crippen molar-refractivity contribution in [3.8, 4) is 0 Å². The lowest BCUT2D eigenvalue weighted by atomic mass is 9.44. The maximum absolute atomic E-state index is 10.6. The van der Waals surface area contributed by atoms with Gasteiger partial charge in [-0.25, -0.2) is 0 Å². The van der Waals surface area contributed by atoms with Crippen molar-refractivity contribution in [2.75, 3.05) is 0 Å². The first-order valence-corrected chi connectivity index (χ1v) is 10.5. The molecule has 4 saturated carbocycles. The molecule has 0 bridgehead atoms. The zero-order valence-electron chi connectivity index (χ0n) is 15.9. The van der Waals surface area contributed by atoms with Gasteiger partial charge in [0.2, 0.25) is 0 Å². The quantitative estimate of drug-likeness (QED) is 0.521. The Kier molecular flexibility index (Phi) is 3.97. The van der Waals surface area contributed by atoms with Crippen LogP contribution in [0.2, 0.25) is 0 Å². The Morgan fingerprint density at radius 2 is 1.75 bits per heavy atom. The zero-order valence-corrected chi connectivity index (χ0v) is 15.9. The van der Waals surface area contributed by atoms with Crippen LogP contribution in [0.5, 0.6) is 0 Å². The predicted octanol–water partition coefficient (Wildman–Crippen LogP) is 5.05. The van der Waals surface area contributed by atoms with Crippen molar-refractivity contribution < 1.29 is 10.2 Å². The fourth-order valence-electron chi connectivity index (χ4n) is 7.70. The number of hydrogen-bond acceptors (Lipinski definition) is 2. The van der Waals surface area contributed by atoms with E-state index in [0.717, 1.165) is 31.1 Å². The zero-order chi connectivity index (χ0) is 17.2. The first-order valence-electron chi connectivity index (χ1n) is 10.5. The maximum Gasteiger partial charge on any atom is 0.168 e. The van der Waals surface area contributed by atoms with Crippen molar-refractivity contribution >= 4 is 0 Å². The third kappa shape index (κ3) is 2.14. The van der Waals surface area contributed by atoms with Crippen LogP contribution >= 0.6 is 0 Å². The summed E-state index contributed by atoms with van der Waals surface area (Å²) in [7, 11) is 0. The van der Waals surface area contributed by atoms with E-state index >= 15 is 0 Å². The third-order valence-electron chi connectivity index (χ3n) is 9.03. The minimum Gasteiger partial charge on any atom is -0.365 e. The number of allylic oxidation sites excluding steroid dienone is 2. The number of rotatable bonds is 1. The van der Waals surface area contributed by atoms with Crippen LogP contribution in [0.1, 0.15) is 85.0 Å². The van der Waals surface area contributed by atoms with Crippen molar-refractivity contribution in [2.45, 2.75) is 90.8 Å². The van der Waals surface area contributed by atoms with E-state index in [1.165, 1.54) is 38.5 Å². The SMILES string of the molecule is CCC=C1C[C@@H]2[C@@H](CC[C@@]3(C)[C@H]2CCC3(O)O)[C@@]2(C)CCCCC12. The third-order valence-corrected chi connectivity index (χ3v) is 9.03. The lowest BCUT2D eigenvalue weighted by Gasteiger charge is -2.61. The van der Waals surface area contributed by atoms with Gasteiger partial charge in [0.15, 0.2) is 5.79 Å². The van der Waals surface area contributed by atoms with Gasteiger partial charge in [-0.3, -0.25) is 0 Å². The Labute approximate surface area is 147 Å². The fourth-order valence-corrected chi connectivity index (χ4v) is 7.70. The van der Waals surface area contributed by atoms with Crippen molar-refractivity contribution in [1.29, 1.82) is 0 Å². The second-order valence-corrected chi connectivity index (χ2v) is 9.88. The van der Waals surface area contributed by atoms with E-state index in [4.69, 9.17) is 0 Å². The molecule has 24 heavy (non-hydrogen) atoms. The first-order chi connectivity index (χ1) is 11.3. The molecule has 0 heterocycles. The van der Waals surface area contributed by atoms with Gasteiger partial charge in [-0.2, -0.15) is 0 Å². The summed E-state index contributed by atoms with van der Waals surface area (Å²) in [6.45, 7) is 7.02. The molecule has 0 spiro atoms.